The number of rotatable bonds is 3. The second-order valence-corrected chi connectivity index (χ2v) is 6.74. The molecule has 3 nitrogen and oxygen atoms in total. The van der Waals surface area contributed by atoms with Crippen LogP contribution in [0.2, 0.25) is 0 Å². The minimum absolute atomic E-state index is 0.256. The van der Waals surface area contributed by atoms with Crippen molar-refractivity contribution in [3.63, 3.8) is 0 Å². The Kier molecular flexibility index (Phi) is 2.73. The summed E-state index contributed by atoms with van der Waals surface area (Å²) in [5, 5.41) is 8.96. The summed E-state index contributed by atoms with van der Waals surface area (Å²) >= 11 is 0. The Morgan fingerprint density at radius 2 is 2.38 bits per heavy atom. The molecule has 1 aromatic heterocycles. The smallest absolute Gasteiger partial charge is 0.155 e. The molecule has 0 N–H and O–H groups in total. The normalized spacial score (nSPS) is 18.8. The molecule has 1 fully saturated rings. The third kappa shape index (κ3) is 1.96. The number of nitriles is 1. The quantitative estimate of drug-likeness (QED) is 0.751. The van der Waals surface area contributed by atoms with Crippen LogP contribution in [0.15, 0.2) is 17.2 Å². The van der Waals surface area contributed by atoms with Gasteiger partial charge in [0.2, 0.25) is 0 Å². The molecule has 0 aliphatic heterocycles. The van der Waals surface area contributed by atoms with Gasteiger partial charge in [-0.1, -0.05) is 6.92 Å². The van der Waals surface area contributed by atoms with Gasteiger partial charge < -0.3 is 0 Å². The van der Waals surface area contributed by atoms with Crippen LogP contribution >= 0.6 is 0 Å². The van der Waals surface area contributed by atoms with Crippen molar-refractivity contribution >= 4 is 15.4 Å². The number of hydrogen-bond donors (Lipinski definition) is 0. The molecule has 0 spiro atoms. The third-order valence-corrected chi connectivity index (χ3v) is 4.94. The zero-order valence-corrected chi connectivity index (χ0v) is 10.1. The SMILES string of the molecule is C=S(=O)(CC)c1cc(C2CC2)cnc1C#N. The Morgan fingerprint density at radius 3 is 2.88 bits per heavy atom. The van der Waals surface area contributed by atoms with E-state index in [1.807, 2.05) is 19.1 Å². The predicted molar refractivity (Wildman–Crippen MR) is 65.0 cm³/mol. The van der Waals surface area contributed by atoms with Crippen molar-refractivity contribution in [2.75, 3.05) is 5.75 Å². The van der Waals surface area contributed by atoms with Crippen molar-refractivity contribution in [1.29, 1.82) is 5.26 Å². The van der Waals surface area contributed by atoms with E-state index in [4.69, 9.17) is 5.26 Å². The highest BCUT2D eigenvalue weighted by molar-refractivity contribution is 8.00. The van der Waals surface area contributed by atoms with E-state index in [0.717, 1.165) is 18.4 Å². The molecule has 16 heavy (non-hydrogen) atoms. The van der Waals surface area contributed by atoms with Crippen molar-refractivity contribution in [2.24, 2.45) is 0 Å². The molecule has 0 aromatic carbocycles. The first-order chi connectivity index (χ1) is 7.58. The molecule has 2 rings (SSSR count). The second kappa shape index (κ2) is 3.91. The van der Waals surface area contributed by atoms with Crippen molar-refractivity contribution in [1.82, 2.24) is 4.98 Å². The van der Waals surface area contributed by atoms with Gasteiger partial charge in [0.25, 0.3) is 0 Å². The van der Waals surface area contributed by atoms with Crippen molar-refractivity contribution in [3.05, 3.63) is 23.5 Å². The fraction of sp³-hybridized carbons (Fsp3) is 0.417. The summed E-state index contributed by atoms with van der Waals surface area (Å²) in [6.45, 7) is 1.82. The van der Waals surface area contributed by atoms with Gasteiger partial charge in [0.05, 0.1) is 4.90 Å². The molecule has 1 aromatic rings. The molecule has 1 atom stereocenters. The lowest BCUT2D eigenvalue weighted by Gasteiger charge is -2.09. The van der Waals surface area contributed by atoms with Gasteiger partial charge in [0.15, 0.2) is 5.69 Å². The van der Waals surface area contributed by atoms with E-state index in [0.29, 0.717) is 16.6 Å². The average molecular weight is 234 g/mol. The summed E-state index contributed by atoms with van der Waals surface area (Å²) in [7, 11) is -2.35. The van der Waals surface area contributed by atoms with Crippen LogP contribution in [-0.2, 0) is 9.52 Å². The average Bonchev–Trinajstić information content (AvgIpc) is 3.12. The number of nitrogens with zero attached hydrogens (tertiary/aromatic N) is 2. The lowest BCUT2D eigenvalue weighted by Crippen LogP contribution is -2.08. The van der Waals surface area contributed by atoms with Crippen LogP contribution in [0.5, 0.6) is 0 Å². The summed E-state index contributed by atoms with van der Waals surface area (Å²) in [6.07, 6.45) is 4.06. The van der Waals surface area contributed by atoms with E-state index in [-0.39, 0.29) is 5.69 Å². The van der Waals surface area contributed by atoms with Crippen LogP contribution < -0.4 is 0 Å². The Morgan fingerprint density at radius 1 is 1.69 bits per heavy atom. The van der Waals surface area contributed by atoms with Crippen molar-refractivity contribution in [3.8, 4) is 6.07 Å². The molecular weight excluding hydrogens is 220 g/mol. The molecular formula is C12H14N2OS. The van der Waals surface area contributed by atoms with Crippen molar-refractivity contribution in [2.45, 2.75) is 30.6 Å². The van der Waals surface area contributed by atoms with Crippen LogP contribution in [0.3, 0.4) is 0 Å². The molecule has 1 unspecified atom stereocenters. The van der Waals surface area contributed by atoms with E-state index in [1.165, 1.54) is 0 Å². The number of pyridine rings is 1. The lowest BCUT2D eigenvalue weighted by atomic mass is 10.2. The van der Waals surface area contributed by atoms with Gasteiger partial charge >= 0.3 is 0 Å². The molecule has 84 valence electrons. The maximum absolute atomic E-state index is 12.2. The van der Waals surface area contributed by atoms with E-state index in [9.17, 15) is 4.21 Å². The minimum atomic E-state index is -2.35. The molecule has 1 aliphatic rings. The Bertz CT molecular complexity index is 551. The van der Waals surface area contributed by atoms with Crippen molar-refractivity contribution < 1.29 is 4.21 Å². The van der Waals surface area contributed by atoms with Gasteiger partial charge in [-0.15, -0.1) is 0 Å². The fourth-order valence-corrected chi connectivity index (χ4v) is 2.74. The highest BCUT2D eigenvalue weighted by Gasteiger charge is 2.25. The maximum Gasteiger partial charge on any atom is 0.155 e. The van der Waals surface area contributed by atoms with Gasteiger partial charge in [-0.05, 0) is 45.8 Å². The Balaban J connectivity index is 2.56. The van der Waals surface area contributed by atoms with E-state index < -0.39 is 9.52 Å². The summed E-state index contributed by atoms with van der Waals surface area (Å²) in [5.41, 5.74) is 1.35. The fourth-order valence-electron chi connectivity index (χ4n) is 1.62. The monoisotopic (exact) mass is 234 g/mol. The molecule has 0 radical (unpaired) electrons. The first kappa shape index (κ1) is 11.2. The number of hydrogen-bond acceptors (Lipinski definition) is 3. The molecule has 1 aliphatic carbocycles. The van der Waals surface area contributed by atoms with Crippen LogP contribution in [-0.4, -0.2) is 20.8 Å². The van der Waals surface area contributed by atoms with Gasteiger partial charge in [-0.2, -0.15) is 5.26 Å². The van der Waals surface area contributed by atoms with Crippen LogP contribution in [0, 0.1) is 11.3 Å². The predicted octanol–water partition coefficient (Wildman–Crippen LogP) is 1.93. The molecule has 1 heterocycles. The zero-order valence-electron chi connectivity index (χ0n) is 9.27. The summed E-state index contributed by atoms with van der Waals surface area (Å²) in [5.74, 6) is 4.71. The molecule has 0 bridgehead atoms. The Labute approximate surface area is 96.1 Å². The summed E-state index contributed by atoms with van der Waals surface area (Å²) < 4.78 is 12.2. The maximum atomic E-state index is 12.2. The van der Waals surface area contributed by atoms with Crippen LogP contribution in [0.4, 0.5) is 0 Å². The first-order valence-electron chi connectivity index (χ1n) is 5.33. The highest BCUT2D eigenvalue weighted by Crippen LogP contribution is 2.40. The minimum Gasteiger partial charge on any atom is -0.263 e. The lowest BCUT2D eigenvalue weighted by molar-refractivity contribution is 0.681. The van der Waals surface area contributed by atoms with Crippen LogP contribution in [0.1, 0.15) is 36.9 Å². The highest BCUT2D eigenvalue weighted by atomic mass is 32.2. The summed E-state index contributed by atoms with van der Waals surface area (Å²) in [4.78, 5) is 4.62. The topological polar surface area (TPSA) is 53.8 Å². The molecule has 0 saturated heterocycles. The molecule has 4 heteroatoms. The molecule has 1 saturated carbocycles. The first-order valence-corrected chi connectivity index (χ1v) is 7.23. The van der Waals surface area contributed by atoms with Gasteiger partial charge in [-0.3, -0.25) is 4.21 Å². The van der Waals surface area contributed by atoms with E-state index in [2.05, 4.69) is 10.9 Å². The van der Waals surface area contributed by atoms with E-state index in [1.54, 1.807) is 6.20 Å². The molecule has 0 amide bonds. The van der Waals surface area contributed by atoms with Gasteiger partial charge in [0, 0.05) is 11.9 Å². The van der Waals surface area contributed by atoms with Gasteiger partial charge in [0.1, 0.15) is 6.07 Å². The second-order valence-electron chi connectivity index (χ2n) is 4.10. The third-order valence-electron chi connectivity index (χ3n) is 2.90. The number of aromatic nitrogens is 1. The Hall–Kier alpha value is -1.34. The summed E-state index contributed by atoms with van der Waals surface area (Å²) in [6, 6.07) is 3.86. The largest absolute Gasteiger partial charge is 0.263 e. The van der Waals surface area contributed by atoms with E-state index >= 15 is 0 Å². The van der Waals surface area contributed by atoms with Crippen LogP contribution in [0.25, 0.3) is 0 Å². The van der Waals surface area contributed by atoms with Gasteiger partial charge in [-0.25, -0.2) is 4.98 Å². The zero-order chi connectivity index (χ0) is 11.8. The standard InChI is InChI=1S/C12H14N2OS/c1-3-16(2,15)12-6-10(9-4-5-9)8-14-11(12)7-13/h6,8-9H,2-5H2,1H3.